The van der Waals surface area contributed by atoms with Crippen LogP contribution in [0.5, 0.6) is 5.75 Å². The predicted molar refractivity (Wildman–Crippen MR) is 63.0 cm³/mol. The third kappa shape index (κ3) is 3.31. The number of carbonyl (C=O) groups excluding carboxylic acids is 1. The summed E-state index contributed by atoms with van der Waals surface area (Å²) in [7, 11) is 0. The van der Waals surface area contributed by atoms with Gasteiger partial charge in [-0.3, -0.25) is 10.2 Å². The van der Waals surface area contributed by atoms with Crippen LogP contribution in [0.3, 0.4) is 0 Å². The van der Waals surface area contributed by atoms with E-state index >= 15 is 0 Å². The molecule has 3 N–H and O–H groups in total. The van der Waals surface area contributed by atoms with Gasteiger partial charge in [-0.15, -0.1) is 0 Å². The SMILES string of the molecule is CC(C)(COc1cccc(Cl)c1F)C(=O)NN. The number of rotatable bonds is 4. The average Bonchev–Trinajstić information content (AvgIpc) is 2.30. The minimum Gasteiger partial charge on any atom is -0.489 e. The Balaban J connectivity index is 2.74. The second-order valence-electron chi connectivity index (χ2n) is 4.20. The van der Waals surface area contributed by atoms with Crippen molar-refractivity contribution in [3.8, 4) is 5.75 Å². The second-order valence-corrected chi connectivity index (χ2v) is 4.61. The highest BCUT2D eigenvalue weighted by atomic mass is 35.5. The molecule has 1 rings (SSSR count). The van der Waals surface area contributed by atoms with Gasteiger partial charge in [0.1, 0.15) is 6.61 Å². The van der Waals surface area contributed by atoms with Crippen LogP contribution in [0.25, 0.3) is 0 Å². The van der Waals surface area contributed by atoms with Crippen molar-refractivity contribution in [2.24, 2.45) is 11.3 Å². The predicted octanol–water partition coefficient (Wildman–Crippen LogP) is 1.87. The van der Waals surface area contributed by atoms with Gasteiger partial charge >= 0.3 is 0 Å². The molecule has 0 aliphatic rings. The molecule has 0 saturated carbocycles. The summed E-state index contributed by atoms with van der Waals surface area (Å²) in [5, 5.41) is -0.0245. The third-order valence-corrected chi connectivity index (χ3v) is 2.54. The molecule has 0 spiro atoms. The van der Waals surface area contributed by atoms with Crippen molar-refractivity contribution in [1.82, 2.24) is 5.43 Å². The van der Waals surface area contributed by atoms with Crippen molar-refractivity contribution >= 4 is 17.5 Å². The Hall–Kier alpha value is -1.33. The molecule has 1 amide bonds. The summed E-state index contributed by atoms with van der Waals surface area (Å²) < 4.78 is 18.7. The van der Waals surface area contributed by atoms with Crippen LogP contribution >= 0.6 is 11.6 Å². The summed E-state index contributed by atoms with van der Waals surface area (Å²) >= 11 is 5.60. The van der Waals surface area contributed by atoms with Gasteiger partial charge in [0.15, 0.2) is 11.6 Å². The van der Waals surface area contributed by atoms with Crippen LogP contribution in [0.15, 0.2) is 18.2 Å². The molecule has 1 aromatic rings. The Bertz CT molecular complexity index is 424. The lowest BCUT2D eigenvalue weighted by Crippen LogP contribution is -2.44. The first-order chi connectivity index (χ1) is 7.88. The maximum Gasteiger partial charge on any atom is 0.242 e. The van der Waals surface area contributed by atoms with Crippen molar-refractivity contribution in [1.29, 1.82) is 0 Å². The molecule has 0 saturated heterocycles. The normalized spacial score (nSPS) is 11.1. The molecule has 0 atom stereocenters. The van der Waals surface area contributed by atoms with E-state index in [1.165, 1.54) is 12.1 Å². The Morgan fingerprint density at radius 2 is 2.24 bits per heavy atom. The Morgan fingerprint density at radius 3 is 2.82 bits per heavy atom. The van der Waals surface area contributed by atoms with Crippen LogP contribution in [0.1, 0.15) is 13.8 Å². The van der Waals surface area contributed by atoms with E-state index in [1.807, 2.05) is 5.43 Å². The van der Waals surface area contributed by atoms with Crippen LogP contribution in [-0.2, 0) is 4.79 Å². The summed E-state index contributed by atoms with van der Waals surface area (Å²) in [6, 6.07) is 4.43. The lowest BCUT2D eigenvalue weighted by atomic mass is 9.94. The fourth-order valence-electron chi connectivity index (χ4n) is 1.11. The zero-order valence-corrected chi connectivity index (χ0v) is 10.3. The van der Waals surface area contributed by atoms with Crippen molar-refractivity contribution < 1.29 is 13.9 Å². The van der Waals surface area contributed by atoms with Gasteiger partial charge in [0.05, 0.1) is 10.4 Å². The molecular weight excluding hydrogens is 247 g/mol. The molecule has 0 fully saturated rings. The molecule has 17 heavy (non-hydrogen) atoms. The highest BCUT2D eigenvalue weighted by Gasteiger charge is 2.28. The number of carbonyl (C=O) groups is 1. The van der Waals surface area contributed by atoms with Crippen molar-refractivity contribution in [3.63, 3.8) is 0 Å². The van der Waals surface area contributed by atoms with Gasteiger partial charge in [-0.1, -0.05) is 17.7 Å². The smallest absolute Gasteiger partial charge is 0.242 e. The Labute approximate surface area is 104 Å². The molecule has 0 aliphatic carbocycles. The minimum atomic E-state index is -0.858. The first kappa shape index (κ1) is 13.7. The number of benzene rings is 1. The van der Waals surface area contributed by atoms with E-state index in [1.54, 1.807) is 19.9 Å². The van der Waals surface area contributed by atoms with Crippen LogP contribution in [-0.4, -0.2) is 12.5 Å². The number of hydrogen-bond acceptors (Lipinski definition) is 3. The molecule has 0 aliphatic heterocycles. The van der Waals surface area contributed by atoms with Gasteiger partial charge in [0, 0.05) is 0 Å². The summed E-state index contributed by atoms with van der Waals surface area (Å²) in [5.41, 5.74) is 1.17. The first-order valence-electron chi connectivity index (χ1n) is 4.96. The van der Waals surface area contributed by atoms with Crippen LogP contribution < -0.4 is 16.0 Å². The first-order valence-corrected chi connectivity index (χ1v) is 5.34. The molecule has 4 nitrogen and oxygen atoms in total. The number of hydrazine groups is 1. The molecule has 0 bridgehead atoms. The van der Waals surface area contributed by atoms with E-state index in [9.17, 15) is 9.18 Å². The van der Waals surface area contributed by atoms with Crippen LogP contribution in [0, 0.1) is 11.2 Å². The number of nitrogens with one attached hydrogen (secondary N) is 1. The largest absolute Gasteiger partial charge is 0.489 e. The fourth-order valence-corrected chi connectivity index (χ4v) is 1.28. The van der Waals surface area contributed by atoms with E-state index in [-0.39, 0.29) is 23.3 Å². The topological polar surface area (TPSA) is 64.3 Å². The van der Waals surface area contributed by atoms with Gasteiger partial charge in [0.25, 0.3) is 0 Å². The molecule has 94 valence electrons. The van der Waals surface area contributed by atoms with Crippen molar-refractivity contribution in [2.75, 3.05) is 6.61 Å². The van der Waals surface area contributed by atoms with E-state index in [0.717, 1.165) is 0 Å². The highest BCUT2D eigenvalue weighted by Crippen LogP contribution is 2.26. The van der Waals surface area contributed by atoms with Crippen LogP contribution in [0.4, 0.5) is 4.39 Å². The van der Waals surface area contributed by atoms with Gasteiger partial charge in [-0.25, -0.2) is 10.2 Å². The maximum atomic E-state index is 13.5. The van der Waals surface area contributed by atoms with Gasteiger partial charge in [-0.2, -0.15) is 0 Å². The average molecular weight is 261 g/mol. The summed E-state index contributed by atoms with van der Waals surface area (Å²) in [5.74, 6) is 4.01. The standard InChI is InChI=1S/C11H14ClFN2O2/c1-11(2,10(16)15-14)6-17-8-5-3-4-7(12)9(8)13/h3-5H,6,14H2,1-2H3,(H,15,16). The zero-order valence-electron chi connectivity index (χ0n) is 9.59. The fraction of sp³-hybridized carbons (Fsp3) is 0.364. The van der Waals surface area contributed by atoms with Crippen molar-refractivity contribution in [2.45, 2.75) is 13.8 Å². The summed E-state index contributed by atoms with van der Waals surface area (Å²) in [6.45, 7) is 3.27. The Kier molecular flexibility index (Phi) is 4.31. The minimum absolute atomic E-state index is 0.00665. The van der Waals surface area contributed by atoms with Gasteiger partial charge in [0.2, 0.25) is 5.91 Å². The highest BCUT2D eigenvalue weighted by molar-refractivity contribution is 6.30. The molecular formula is C11H14ClFN2O2. The molecule has 1 aromatic carbocycles. The second kappa shape index (κ2) is 5.33. The van der Waals surface area contributed by atoms with Gasteiger partial charge in [-0.05, 0) is 26.0 Å². The van der Waals surface area contributed by atoms with E-state index < -0.39 is 11.2 Å². The molecule has 0 heterocycles. The summed E-state index contributed by atoms with van der Waals surface area (Å²) in [6.07, 6.45) is 0. The van der Waals surface area contributed by atoms with E-state index in [2.05, 4.69) is 0 Å². The molecule has 0 unspecified atom stereocenters. The van der Waals surface area contributed by atoms with E-state index in [0.29, 0.717) is 0 Å². The summed E-state index contributed by atoms with van der Waals surface area (Å²) in [4.78, 5) is 11.4. The van der Waals surface area contributed by atoms with E-state index in [4.69, 9.17) is 22.2 Å². The monoisotopic (exact) mass is 260 g/mol. The number of halogens is 2. The number of nitrogens with two attached hydrogens (primary N) is 1. The molecule has 0 radical (unpaired) electrons. The lowest BCUT2D eigenvalue weighted by molar-refractivity contribution is -0.130. The molecule has 0 aromatic heterocycles. The van der Waals surface area contributed by atoms with Crippen molar-refractivity contribution in [3.05, 3.63) is 29.0 Å². The number of hydrogen-bond donors (Lipinski definition) is 2. The maximum absolute atomic E-state index is 13.5. The lowest BCUT2D eigenvalue weighted by Gasteiger charge is -2.22. The molecule has 6 heteroatoms. The van der Waals surface area contributed by atoms with Crippen LogP contribution in [0.2, 0.25) is 5.02 Å². The third-order valence-electron chi connectivity index (χ3n) is 2.25. The Morgan fingerprint density at radius 1 is 1.59 bits per heavy atom. The van der Waals surface area contributed by atoms with Gasteiger partial charge < -0.3 is 4.74 Å². The number of ether oxygens (including phenoxy) is 1. The quantitative estimate of drug-likeness (QED) is 0.494. The number of amides is 1. The zero-order chi connectivity index (χ0) is 13.1.